The van der Waals surface area contributed by atoms with E-state index in [1.54, 1.807) is 0 Å². The zero-order valence-electron chi connectivity index (χ0n) is 10.1. The zero-order valence-corrected chi connectivity index (χ0v) is 11.9. The van der Waals surface area contributed by atoms with Crippen molar-refractivity contribution < 1.29 is 13.2 Å². The van der Waals surface area contributed by atoms with Crippen molar-refractivity contribution in [3.8, 4) is 0 Å². The largest absolute Gasteiger partial charge is 0.416 e. The van der Waals surface area contributed by atoms with E-state index in [0.717, 1.165) is 44.0 Å². The fraction of sp³-hybridized carbons (Fsp3) is 0.500. The Balaban J connectivity index is 2.00. The van der Waals surface area contributed by atoms with Gasteiger partial charge in [0.1, 0.15) is 0 Å². The maximum absolute atomic E-state index is 12.5. The summed E-state index contributed by atoms with van der Waals surface area (Å²) < 4.78 is 37.3. The summed E-state index contributed by atoms with van der Waals surface area (Å²) >= 11 is 8.50. The predicted octanol–water partition coefficient (Wildman–Crippen LogP) is 2.97. The molecular weight excluding hydrogens is 293 g/mol. The van der Waals surface area contributed by atoms with E-state index in [4.69, 9.17) is 0 Å². The van der Waals surface area contributed by atoms with Crippen molar-refractivity contribution in [3.05, 3.63) is 29.8 Å². The molecule has 2 nitrogen and oxygen atoms in total. The molecule has 0 bridgehead atoms. The van der Waals surface area contributed by atoms with E-state index >= 15 is 0 Å². The minimum Gasteiger partial charge on any atom is -0.369 e. The second-order valence-electron chi connectivity index (χ2n) is 4.41. The van der Waals surface area contributed by atoms with E-state index in [9.17, 15) is 13.2 Å². The molecule has 0 spiro atoms. The quantitative estimate of drug-likeness (QED) is 0.641. The van der Waals surface area contributed by atoms with Gasteiger partial charge >= 0.3 is 6.18 Å². The first-order chi connectivity index (χ1) is 8.88. The van der Waals surface area contributed by atoms with Crippen LogP contribution in [-0.2, 0) is 6.18 Å². The number of rotatable bonds is 2. The molecule has 0 radical (unpaired) electrons. The van der Waals surface area contributed by atoms with Crippen LogP contribution < -0.4 is 4.90 Å². The van der Waals surface area contributed by atoms with E-state index in [2.05, 4.69) is 35.1 Å². The Hall–Kier alpha value is -0.530. The summed E-state index contributed by atoms with van der Waals surface area (Å²) in [5, 5.41) is 0. The van der Waals surface area contributed by atoms with E-state index in [0.29, 0.717) is 0 Å². The van der Waals surface area contributed by atoms with Crippen molar-refractivity contribution in [1.29, 1.82) is 0 Å². The van der Waals surface area contributed by atoms with E-state index in [1.807, 2.05) is 0 Å². The van der Waals surface area contributed by atoms with Crippen molar-refractivity contribution in [2.75, 3.05) is 31.1 Å². The SMILES string of the molecule is FC(F)(F)c1ccc(N2CCN(C(S)S)CC2)cc1. The molecule has 0 aromatic heterocycles. The lowest BCUT2D eigenvalue weighted by Crippen LogP contribution is -2.47. The van der Waals surface area contributed by atoms with Crippen molar-refractivity contribution in [3.63, 3.8) is 0 Å². The molecular formula is C12H15F3N2S2. The monoisotopic (exact) mass is 308 g/mol. The topological polar surface area (TPSA) is 6.48 Å². The molecule has 1 saturated heterocycles. The molecule has 0 saturated carbocycles. The normalized spacial score (nSPS) is 18.1. The summed E-state index contributed by atoms with van der Waals surface area (Å²) in [6, 6.07) is 5.30. The molecule has 1 heterocycles. The van der Waals surface area contributed by atoms with Crippen LogP contribution in [0.5, 0.6) is 0 Å². The molecule has 106 valence electrons. The summed E-state index contributed by atoms with van der Waals surface area (Å²) in [6.07, 6.45) is -4.28. The molecule has 1 aromatic carbocycles. The molecule has 1 fully saturated rings. The Morgan fingerprint density at radius 2 is 1.47 bits per heavy atom. The van der Waals surface area contributed by atoms with Gasteiger partial charge in [0.2, 0.25) is 0 Å². The highest BCUT2D eigenvalue weighted by Gasteiger charge is 2.30. The van der Waals surface area contributed by atoms with Crippen LogP contribution in [0.15, 0.2) is 24.3 Å². The maximum Gasteiger partial charge on any atom is 0.416 e. The van der Waals surface area contributed by atoms with Crippen LogP contribution in [0.4, 0.5) is 18.9 Å². The van der Waals surface area contributed by atoms with Gasteiger partial charge in [0.15, 0.2) is 0 Å². The average molecular weight is 308 g/mol. The highest BCUT2D eigenvalue weighted by atomic mass is 32.2. The van der Waals surface area contributed by atoms with Gasteiger partial charge in [-0.2, -0.15) is 13.2 Å². The Kier molecular flexibility index (Phi) is 4.58. The molecule has 1 aliphatic heterocycles. The Bertz CT molecular complexity index is 412. The van der Waals surface area contributed by atoms with Gasteiger partial charge in [-0.15, -0.1) is 25.3 Å². The maximum atomic E-state index is 12.5. The first-order valence-corrected chi connectivity index (χ1v) is 6.93. The third-order valence-electron chi connectivity index (χ3n) is 3.20. The average Bonchev–Trinajstić information content (AvgIpc) is 2.38. The summed E-state index contributed by atoms with van der Waals surface area (Å²) in [4.78, 5) is 4.17. The number of alkyl halides is 3. The van der Waals surface area contributed by atoms with Gasteiger partial charge in [-0.25, -0.2) is 0 Å². The van der Waals surface area contributed by atoms with Crippen molar-refractivity contribution >= 4 is 30.9 Å². The minimum atomic E-state index is -4.28. The zero-order chi connectivity index (χ0) is 14.0. The van der Waals surface area contributed by atoms with E-state index in [1.165, 1.54) is 12.1 Å². The lowest BCUT2D eigenvalue weighted by Gasteiger charge is -2.37. The number of nitrogens with zero attached hydrogens (tertiary/aromatic N) is 2. The lowest BCUT2D eigenvalue weighted by atomic mass is 10.1. The Morgan fingerprint density at radius 3 is 1.89 bits per heavy atom. The fourth-order valence-electron chi connectivity index (χ4n) is 2.07. The summed E-state index contributed by atoms with van der Waals surface area (Å²) in [7, 11) is 0. The summed E-state index contributed by atoms with van der Waals surface area (Å²) in [5.74, 6) is 0. The van der Waals surface area contributed by atoms with Crippen LogP contribution in [0.3, 0.4) is 0 Å². The number of halogens is 3. The molecule has 0 N–H and O–H groups in total. The van der Waals surface area contributed by atoms with Crippen LogP contribution in [0.1, 0.15) is 5.56 Å². The van der Waals surface area contributed by atoms with Crippen LogP contribution in [0, 0.1) is 0 Å². The number of anilines is 1. The number of thiol groups is 2. The molecule has 7 heteroatoms. The van der Waals surface area contributed by atoms with Gasteiger partial charge in [0.05, 0.1) is 10.3 Å². The van der Waals surface area contributed by atoms with Crippen LogP contribution >= 0.6 is 25.3 Å². The number of piperazine rings is 1. The minimum absolute atomic E-state index is 0.0882. The number of benzene rings is 1. The number of hydrogen-bond acceptors (Lipinski definition) is 4. The highest BCUT2D eigenvalue weighted by molar-refractivity contribution is 7.99. The van der Waals surface area contributed by atoms with E-state index < -0.39 is 11.7 Å². The Morgan fingerprint density at radius 1 is 0.947 bits per heavy atom. The van der Waals surface area contributed by atoms with Crippen LogP contribution in [-0.4, -0.2) is 35.8 Å². The molecule has 2 rings (SSSR count). The molecule has 1 aromatic rings. The fourth-order valence-corrected chi connectivity index (χ4v) is 2.53. The number of hydrogen-bond donors (Lipinski definition) is 2. The molecule has 0 amide bonds. The van der Waals surface area contributed by atoms with Crippen LogP contribution in [0.25, 0.3) is 0 Å². The standard InChI is InChI=1S/C12H15F3N2S2/c13-12(14,15)9-1-3-10(4-2-9)16-5-7-17(8-6-16)11(18)19/h1-4,11,18-19H,5-8H2. The van der Waals surface area contributed by atoms with Crippen molar-refractivity contribution in [2.24, 2.45) is 0 Å². The molecule has 0 aliphatic carbocycles. The van der Waals surface area contributed by atoms with Gasteiger partial charge in [-0.05, 0) is 24.3 Å². The first-order valence-electron chi connectivity index (χ1n) is 5.90. The Labute approximate surface area is 121 Å². The van der Waals surface area contributed by atoms with Crippen molar-refractivity contribution in [2.45, 2.75) is 10.9 Å². The molecule has 19 heavy (non-hydrogen) atoms. The van der Waals surface area contributed by atoms with Gasteiger partial charge in [0, 0.05) is 31.9 Å². The third kappa shape index (κ3) is 3.73. The van der Waals surface area contributed by atoms with Gasteiger partial charge in [0.25, 0.3) is 0 Å². The summed E-state index contributed by atoms with van der Waals surface area (Å²) in [6.45, 7) is 3.14. The first kappa shape index (κ1) is 14.9. The molecule has 0 atom stereocenters. The van der Waals surface area contributed by atoms with Crippen LogP contribution in [0.2, 0.25) is 0 Å². The van der Waals surface area contributed by atoms with Gasteiger partial charge in [-0.3, -0.25) is 4.90 Å². The van der Waals surface area contributed by atoms with Gasteiger partial charge < -0.3 is 4.90 Å². The molecule has 1 aliphatic rings. The third-order valence-corrected chi connectivity index (χ3v) is 3.85. The highest BCUT2D eigenvalue weighted by Crippen LogP contribution is 2.30. The smallest absolute Gasteiger partial charge is 0.369 e. The second kappa shape index (κ2) is 5.85. The predicted molar refractivity (Wildman–Crippen MR) is 77.0 cm³/mol. The van der Waals surface area contributed by atoms with Gasteiger partial charge in [-0.1, -0.05) is 0 Å². The van der Waals surface area contributed by atoms with E-state index in [-0.39, 0.29) is 4.71 Å². The lowest BCUT2D eigenvalue weighted by molar-refractivity contribution is -0.137. The second-order valence-corrected chi connectivity index (χ2v) is 5.80. The summed E-state index contributed by atoms with van der Waals surface area (Å²) in [5.41, 5.74) is 0.211. The van der Waals surface area contributed by atoms with Crippen molar-refractivity contribution in [1.82, 2.24) is 4.90 Å². The molecule has 0 unspecified atom stereocenters.